The van der Waals surface area contributed by atoms with Gasteiger partial charge in [-0.2, -0.15) is 0 Å². The zero-order chi connectivity index (χ0) is 15.6. The molecule has 0 amide bonds. The third-order valence-corrected chi connectivity index (χ3v) is 3.65. The second kappa shape index (κ2) is 9.75. The minimum absolute atomic E-state index is 0.112. The van der Waals surface area contributed by atoms with Crippen LogP contribution in [0.25, 0.3) is 0 Å². The Bertz CT molecular complexity index is 236. The summed E-state index contributed by atoms with van der Waals surface area (Å²) in [5.41, 5.74) is -0.235. The average molecular weight is 288 g/mol. The van der Waals surface area contributed by atoms with Gasteiger partial charge in [0.15, 0.2) is 0 Å². The number of ether oxygens (including phenoxy) is 3. The fraction of sp³-hybridized carbons (Fsp3) is 1.00. The predicted octanol–water partition coefficient (Wildman–Crippen LogP) is 4.44. The van der Waals surface area contributed by atoms with Gasteiger partial charge in [0.2, 0.25) is 0 Å². The van der Waals surface area contributed by atoms with Gasteiger partial charge in [0, 0.05) is 20.3 Å². The van der Waals surface area contributed by atoms with Crippen molar-refractivity contribution in [2.45, 2.75) is 78.4 Å². The van der Waals surface area contributed by atoms with E-state index in [0.29, 0.717) is 5.92 Å². The van der Waals surface area contributed by atoms with Crippen LogP contribution < -0.4 is 0 Å². The molecule has 0 N–H and O–H groups in total. The Morgan fingerprint density at radius 1 is 0.900 bits per heavy atom. The third kappa shape index (κ3) is 10.6. The topological polar surface area (TPSA) is 27.7 Å². The first-order valence-electron chi connectivity index (χ1n) is 7.99. The molecule has 0 rings (SSSR count). The van der Waals surface area contributed by atoms with Crippen LogP contribution in [0.4, 0.5) is 0 Å². The molecule has 0 bridgehead atoms. The third-order valence-electron chi connectivity index (χ3n) is 3.65. The van der Waals surface area contributed by atoms with E-state index in [0.717, 1.165) is 32.7 Å². The fourth-order valence-corrected chi connectivity index (χ4v) is 2.01. The molecule has 1 unspecified atom stereocenters. The lowest BCUT2D eigenvalue weighted by Gasteiger charge is -2.30. The minimum Gasteiger partial charge on any atom is -0.385 e. The van der Waals surface area contributed by atoms with Gasteiger partial charge < -0.3 is 14.2 Å². The highest BCUT2D eigenvalue weighted by Crippen LogP contribution is 2.20. The van der Waals surface area contributed by atoms with Gasteiger partial charge in [-0.3, -0.25) is 0 Å². The van der Waals surface area contributed by atoms with Crippen LogP contribution in [-0.4, -0.2) is 38.1 Å². The van der Waals surface area contributed by atoms with Crippen molar-refractivity contribution in [3.8, 4) is 0 Å². The Hall–Kier alpha value is -0.120. The van der Waals surface area contributed by atoms with Crippen molar-refractivity contribution < 1.29 is 14.2 Å². The lowest BCUT2D eigenvalue weighted by atomic mass is 10.0. The highest BCUT2D eigenvalue weighted by atomic mass is 16.5. The first kappa shape index (κ1) is 19.9. The van der Waals surface area contributed by atoms with Crippen molar-refractivity contribution in [1.29, 1.82) is 0 Å². The second-order valence-electron chi connectivity index (χ2n) is 7.07. The molecule has 0 aliphatic heterocycles. The quantitative estimate of drug-likeness (QED) is 0.531. The van der Waals surface area contributed by atoms with E-state index in [1.165, 1.54) is 12.8 Å². The molecule has 122 valence electrons. The highest BCUT2D eigenvalue weighted by molar-refractivity contribution is 4.72. The summed E-state index contributed by atoms with van der Waals surface area (Å²) in [4.78, 5) is 0. The van der Waals surface area contributed by atoms with Gasteiger partial charge in [-0.05, 0) is 52.9 Å². The van der Waals surface area contributed by atoms with E-state index in [1.54, 1.807) is 7.11 Å². The molecule has 3 heteroatoms. The number of rotatable bonds is 12. The first-order chi connectivity index (χ1) is 9.22. The van der Waals surface area contributed by atoms with Gasteiger partial charge in [0.05, 0.1) is 17.8 Å². The molecule has 0 aliphatic carbocycles. The summed E-state index contributed by atoms with van der Waals surface area (Å²) in [7, 11) is 1.73. The van der Waals surface area contributed by atoms with Crippen molar-refractivity contribution in [2.75, 3.05) is 26.9 Å². The average Bonchev–Trinajstić information content (AvgIpc) is 2.34. The molecule has 1 atom stereocenters. The number of hydrogen-bond acceptors (Lipinski definition) is 3. The summed E-state index contributed by atoms with van der Waals surface area (Å²) in [6, 6.07) is 0. The molecule has 0 aliphatic rings. The zero-order valence-electron chi connectivity index (χ0n) is 14.8. The first-order valence-corrected chi connectivity index (χ1v) is 7.99. The molecule has 0 saturated heterocycles. The van der Waals surface area contributed by atoms with E-state index in [2.05, 4.69) is 41.5 Å². The largest absolute Gasteiger partial charge is 0.385 e. The van der Waals surface area contributed by atoms with Crippen LogP contribution in [0.5, 0.6) is 0 Å². The maximum atomic E-state index is 6.04. The van der Waals surface area contributed by atoms with E-state index in [4.69, 9.17) is 14.2 Å². The molecular formula is C17H36O3. The molecule has 3 nitrogen and oxygen atoms in total. The maximum Gasteiger partial charge on any atom is 0.0648 e. The summed E-state index contributed by atoms with van der Waals surface area (Å²) in [5, 5.41) is 0. The van der Waals surface area contributed by atoms with Gasteiger partial charge in [-0.1, -0.05) is 20.3 Å². The molecule has 0 aromatic carbocycles. The molecule has 0 radical (unpaired) electrons. The summed E-state index contributed by atoms with van der Waals surface area (Å²) < 4.78 is 17.1. The van der Waals surface area contributed by atoms with E-state index in [1.807, 2.05) is 0 Å². The van der Waals surface area contributed by atoms with E-state index in [9.17, 15) is 0 Å². The smallest absolute Gasteiger partial charge is 0.0648 e. The van der Waals surface area contributed by atoms with Gasteiger partial charge in [0.25, 0.3) is 0 Å². The standard InChI is InChI=1S/C17H36O3/c1-8-9-15(2)14-20-17(5,6)11-13-19-16(3,4)10-12-18-7/h15H,8-14H2,1-7H3. The lowest BCUT2D eigenvalue weighted by Crippen LogP contribution is -2.32. The molecular weight excluding hydrogens is 252 g/mol. The van der Waals surface area contributed by atoms with E-state index < -0.39 is 0 Å². The van der Waals surface area contributed by atoms with Crippen molar-refractivity contribution in [2.24, 2.45) is 5.92 Å². The van der Waals surface area contributed by atoms with Crippen molar-refractivity contribution in [1.82, 2.24) is 0 Å². The SMILES string of the molecule is CCCC(C)COC(C)(C)CCOC(C)(C)CCOC. The summed E-state index contributed by atoms with van der Waals surface area (Å²) in [6.45, 7) is 15.3. The lowest BCUT2D eigenvalue weighted by molar-refractivity contribution is -0.0849. The molecule has 0 fully saturated rings. The monoisotopic (exact) mass is 288 g/mol. The van der Waals surface area contributed by atoms with Gasteiger partial charge in [-0.15, -0.1) is 0 Å². The zero-order valence-corrected chi connectivity index (χ0v) is 14.8. The van der Waals surface area contributed by atoms with Crippen molar-refractivity contribution in [3.05, 3.63) is 0 Å². The van der Waals surface area contributed by atoms with Crippen LogP contribution in [0, 0.1) is 5.92 Å². The van der Waals surface area contributed by atoms with Crippen molar-refractivity contribution >= 4 is 0 Å². The Morgan fingerprint density at radius 2 is 1.45 bits per heavy atom. The summed E-state index contributed by atoms with van der Waals surface area (Å²) in [6.07, 6.45) is 4.29. The Kier molecular flexibility index (Phi) is 9.69. The molecule has 0 aromatic heterocycles. The summed E-state index contributed by atoms with van der Waals surface area (Å²) in [5.74, 6) is 0.637. The van der Waals surface area contributed by atoms with Crippen LogP contribution in [0.1, 0.15) is 67.2 Å². The van der Waals surface area contributed by atoms with Gasteiger partial charge in [-0.25, -0.2) is 0 Å². The van der Waals surface area contributed by atoms with Crippen LogP contribution >= 0.6 is 0 Å². The molecule has 0 saturated carbocycles. The van der Waals surface area contributed by atoms with Crippen LogP contribution in [0.2, 0.25) is 0 Å². The molecule has 0 heterocycles. The minimum atomic E-state index is -0.123. The van der Waals surface area contributed by atoms with E-state index >= 15 is 0 Å². The van der Waals surface area contributed by atoms with Crippen LogP contribution in [0.15, 0.2) is 0 Å². The molecule has 20 heavy (non-hydrogen) atoms. The Morgan fingerprint density at radius 3 is 2.00 bits per heavy atom. The Labute approximate surface area is 126 Å². The maximum absolute atomic E-state index is 6.04. The van der Waals surface area contributed by atoms with Crippen LogP contribution in [-0.2, 0) is 14.2 Å². The van der Waals surface area contributed by atoms with Gasteiger partial charge in [0.1, 0.15) is 0 Å². The number of methoxy groups -OCH3 is 1. The van der Waals surface area contributed by atoms with Gasteiger partial charge >= 0.3 is 0 Å². The highest BCUT2D eigenvalue weighted by Gasteiger charge is 2.23. The molecule has 0 spiro atoms. The van der Waals surface area contributed by atoms with Crippen LogP contribution in [0.3, 0.4) is 0 Å². The number of hydrogen-bond donors (Lipinski definition) is 0. The predicted molar refractivity (Wildman–Crippen MR) is 85.2 cm³/mol. The second-order valence-corrected chi connectivity index (χ2v) is 7.07. The normalized spacial score (nSPS) is 14.6. The Balaban J connectivity index is 3.91. The summed E-state index contributed by atoms with van der Waals surface area (Å²) >= 11 is 0. The molecule has 0 aromatic rings. The van der Waals surface area contributed by atoms with Crippen molar-refractivity contribution in [3.63, 3.8) is 0 Å². The fourth-order valence-electron chi connectivity index (χ4n) is 2.01. The van der Waals surface area contributed by atoms with E-state index in [-0.39, 0.29) is 11.2 Å².